The second-order valence-electron chi connectivity index (χ2n) is 16.1. The maximum Gasteiger partial charge on any atom is 0.417 e. The van der Waals surface area contributed by atoms with Gasteiger partial charge in [-0.05, 0) is 123 Å². The Bertz CT molecular complexity index is 2260. The van der Waals surface area contributed by atoms with E-state index < -0.39 is 40.5 Å². The Morgan fingerprint density at radius 2 is 1.78 bits per heavy atom. The maximum absolute atomic E-state index is 14.5. The van der Waals surface area contributed by atoms with Gasteiger partial charge in [0.1, 0.15) is 23.7 Å². The molecule has 3 aromatic rings. The number of piperazine rings is 1. The third-order valence-electron chi connectivity index (χ3n) is 12.1. The highest BCUT2D eigenvalue weighted by Gasteiger charge is 2.59. The van der Waals surface area contributed by atoms with Crippen LogP contribution >= 0.6 is 12.2 Å². The second kappa shape index (κ2) is 17.4. The number of nitriles is 1. The summed E-state index contributed by atoms with van der Waals surface area (Å²) in [6.07, 6.45) is -1.42. The van der Waals surface area contributed by atoms with Gasteiger partial charge in [0.05, 0.1) is 29.4 Å². The van der Waals surface area contributed by atoms with Crippen molar-refractivity contribution < 1.29 is 41.5 Å². The lowest BCUT2D eigenvalue weighted by Crippen LogP contribution is -2.55. The van der Waals surface area contributed by atoms with Crippen LogP contribution in [0.1, 0.15) is 73.8 Å². The quantitative estimate of drug-likeness (QED) is 0.122. The van der Waals surface area contributed by atoms with Crippen LogP contribution in [0.5, 0.6) is 5.75 Å². The zero-order valence-electron chi connectivity index (χ0n) is 33.4. The number of amides is 3. The first-order valence-corrected chi connectivity index (χ1v) is 20.7. The molecule has 3 saturated heterocycles. The van der Waals surface area contributed by atoms with Crippen molar-refractivity contribution in [1.29, 1.82) is 5.26 Å². The number of carbonyl (C=O) groups excluding carboxylic acids is 4. The molecule has 7 rings (SSSR count). The van der Waals surface area contributed by atoms with Gasteiger partial charge < -0.3 is 9.64 Å². The highest BCUT2D eigenvalue weighted by Crippen LogP contribution is 2.49. The lowest BCUT2D eigenvalue weighted by molar-refractivity contribution is -0.138. The van der Waals surface area contributed by atoms with Crippen molar-refractivity contribution in [3.8, 4) is 11.8 Å². The number of nitrogens with zero attached hydrogens (tertiary/aromatic N) is 5. The molecule has 16 heteroatoms. The maximum atomic E-state index is 14.5. The van der Waals surface area contributed by atoms with Gasteiger partial charge in [-0.25, -0.2) is 4.39 Å². The van der Waals surface area contributed by atoms with Gasteiger partial charge in [-0.2, -0.15) is 18.4 Å². The third-order valence-corrected chi connectivity index (χ3v) is 12.5. The number of anilines is 2. The zero-order chi connectivity index (χ0) is 42.9. The number of Topliss-reactive ketones (excluding diaryl/α,β-unsaturated/α-hetero) is 1. The molecule has 1 saturated carbocycles. The minimum Gasteiger partial charge on any atom is -0.492 e. The van der Waals surface area contributed by atoms with Gasteiger partial charge in [-0.3, -0.25) is 39.2 Å². The number of hydrogen-bond donors (Lipinski definition) is 1. The first-order chi connectivity index (χ1) is 28.6. The van der Waals surface area contributed by atoms with E-state index in [2.05, 4.69) is 22.0 Å². The SMILES string of the molecule is CCc1cc(N2C(=S)N(c3ccc(C#N)c(C(F)(F)F)c3)C(=O)C23CCC3)ccc1OCCN1CCN(CC(=O)Cc2cc(F)cc(CC3CCC(=O)NC3=O)c2)[C@H](C)C1. The minimum atomic E-state index is -4.79. The summed E-state index contributed by atoms with van der Waals surface area (Å²) in [7, 11) is 0. The van der Waals surface area contributed by atoms with Gasteiger partial charge in [-0.15, -0.1) is 0 Å². The van der Waals surface area contributed by atoms with Gasteiger partial charge in [0.2, 0.25) is 11.8 Å². The van der Waals surface area contributed by atoms with E-state index in [0.29, 0.717) is 74.4 Å². The smallest absolute Gasteiger partial charge is 0.417 e. The number of thiocarbonyl (C=S) groups is 1. The number of halogens is 4. The fourth-order valence-corrected chi connectivity index (χ4v) is 9.26. The first kappa shape index (κ1) is 42.9. The van der Waals surface area contributed by atoms with E-state index in [1.807, 2.05) is 25.1 Å². The molecule has 1 aliphatic carbocycles. The molecule has 4 aliphatic rings. The van der Waals surface area contributed by atoms with Crippen molar-refractivity contribution in [3.63, 3.8) is 0 Å². The van der Waals surface area contributed by atoms with Crippen LogP contribution < -0.4 is 19.9 Å². The highest BCUT2D eigenvalue weighted by atomic mass is 32.1. The molecule has 3 aromatic carbocycles. The Balaban J connectivity index is 0.931. The van der Waals surface area contributed by atoms with E-state index in [4.69, 9.17) is 17.0 Å². The number of aryl methyl sites for hydroxylation is 1. The molecular weight excluding hydrogens is 801 g/mol. The number of ether oxygens (including phenoxy) is 1. The van der Waals surface area contributed by atoms with Crippen molar-refractivity contribution in [1.82, 2.24) is 15.1 Å². The molecule has 1 spiro atoms. The molecule has 60 heavy (non-hydrogen) atoms. The number of rotatable bonds is 13. The number of nitrogens with one attached hydrogen (secondary N) is 1. The van der Waals surface area contributed by atoms with Crippen LogP contribution in [0.4, 0.5) is 28.9 Å². The number of benzene rings is 3. The molecule has 4 fully saturated rings. The van der Waals surface area contributed by atoms with Crippen molar-refractivity contribution >= 4 is 52.2 Å². The Kier molecular flexibility index (Phi) is 12.4. The van der Waals surface area contributed by atoms with Gasteiger partial charge in [0, 0.05) is 56.7 Å². The van der Waals surface area contributed by atoms with E-state index in [0.717, 1.165) is 42.1 Å². The van der Waals surface area contributed by atoms with Crippen molar-refractivity contribution in [2.24, 2.45) is 5.92 Å². The normalized spacial score (nSPS) is 20.9. The lowest BCUT2D eigenvalue weighted by Gasteiger charge is -2.43. The fraction of sp³-hybridized carbons (Fsp3) is 0.455. The van der Waals surface area contributed by atoms with Crippen LogP contribution in [-0.4, -0.2) is 89.3 Å². The summed E-state index contributed by atoms with van der Waals surface area (Å²) < 4.78 is 62.4. The molecule has 1 N–H and O–H groups in total. The molecule has 316 valence electrons. The molecule has 0 aromatic heterocycles. The van der Waals surface area contributed by atoms with Crippen LogP contribution in [0.2, 0.25) is 0 Å². The van der Waals surface area contributed by atoms with Gasteiger partial charge in [-0.1, -0.05) is 13.0 Å². The van der Waals surface area contributed by atoms with Crippen LogP contribution in [-0.2, 0) is 44.6 Å². The number of piperidine rings is 1. The molecule has 2 atom stereocenters. The van der Waals surface area contributed by atoms with Gasteiger partial charge in [0.25, 0.3) is 5.91 Å². The molecule has 11 nitrogen and oxygen atoms in total. The fourth-order valence-electron chi connectivity index (χ4n) is 8.79. The van der Waals surface area contributed by atoms with E-state index in [9.17, 15) is 42.0 Å². The summed E-state index contributed by atoms with van der Waals surface area (Å²) in [4.78, 5) is 58.2. The van der Waals surface area contributed by atoms with Crippen molar-refractivity contribution in [2.45, 2.75) is 83.0 Å². The summed E-state index contributed by atoms with van der Waals surface area (Å²) in [6.45, 7) is 7.42. The molecular formula is C44H46F4N6O5S. The van der Waals surface area contributed by atoms with Crippen LogP contribution in [0.25, 0.3) is 0 Å². The van der Waals surface area contributed by atoms with Gasteiger partial charge in [0.15, 0.2) is 10.9 Å². The van der Waals surface area contributed by atoms with E-state index >= 15 is 0 Å². The van der Waals surface area contributed by atoms with Crippen molar-refractivity contribution in [2.75, 3.05) is 49.1 Å². The minimum absolute atomic E-state index is 0.0356. The van der Waals surface area contributed by atoms with E-state index in [1.54, 1.807) is 17.0 Å². The molecule has 1 unspecified atom stereocenters. The number of alkyl halides is 3. The average Bonchev–Trinajstić information content (AvgIpc) is 3.42. The molecule has 3 aliphatic heterocycles. The standard InChI is InChI=1S/C44H46F4N6O5S/c1-3-30-22-35(54-42(60)53(41(58)43(54)11-4-12-43)34-7-5-32(24-49)37(23-34)44(46,47)48)8-9-38(30)59-16-15-51-13-14-52(27(2)25-51)26-36(55)21-29-17-28(19-33(45)20-29)18-31-6-10-39(56)50-40(31)57/h5,7-9,17,19-20,22-23,27,31H,3-4,6,10-16,18,21,25-26H2,1-2H3,(H,50,56,57)/t27-,31?/m1/s1. The Morgan fingerprint density at radius 1 is 1.03 bits per heavy atom. The first-order valence-electron chi connectivity index (χ1n) is 20.3. The Hall–Kier alpha value is -5.24. The van der Waals surface area contributed by atoms with Gasteiger partial charge >= 0.3 is 6.18 Å². The number of imide groups is 1. The van der Waals surface area contributed by atoms with Crippen LogP contribution in [0, 0.1) is 23.1 Å². The summed E-state index contributed by atoms with van der Waals surface area (Å²) in [5.74, 6) is -1.30. The second-order valence-corrected chi connectivity index (χ2v) is 16.5. The molecule has 3 heterocycles. The summed E-state index contributed by atoms with van der Waals surface area (Å²) >= 11 is 5.81. The van der Waals surface area contributed by atoms with E-state index in [1.165, 1.54) is 18.2 Å². The average molecular weight is 847 g/mol. The Labute approximate surface area is 351 Å². The number of ketones is 1. The van der Waals surface area contributed by atoms with Crippen LogP contribution in [0.15, 0.2) is 54.6 Å². The largest absolute Gasteiger partial charge is 0.492 e. The summed E-state index contributed by atoms with van der Waals surface area (Å²) in [5.41, 5.74) is -0.00866. The highest BCUT2D eigenvalue weighted by molar-refractivity contribution is 7.81. The predicted octanol–water partition coefficient (Wildman–Crippen LogP) is 6.13. The molecule has 0 bridgehead atoms. The summed E-state index contributed by atoms with van der Waals surface area (Å²) in [5, 5.41) is 11.7. The monoisotopic (exact) mass is 846 g/mol. The number of hydrogen-bond acceptors (Lipinski definition) is 9. The molecule has 3 amide bonds. The van der Waals surface area contributed by atoms with Crippen molar-refractivity contribution in [3.05, 3.63) is 88.2 Å². The Morgan fingerprint density at radius 3 is 2.45 bits per heavy atom. The number of carbonyl (C=O) groups is 4. The van der Waals surface area contributed by atoms with E-state index in [-0.39, 0.29) is 53.8 Å². The topological polar surface area (TPSA) is 126 Å². The zero-order valence-corrected chi connectivity index (χ0v) is 34.3. The predicted molar refractivity (Wildman–Crippen MR) is 219 cm³/mol. The summed E-state index contributed by atoms with van der Waals surface area (Å²) in [6, 6.07) is 14.9. The third kappa shape index (κ3) is 8.80. The van der Waals surface area contributed by atoms with Crippen LogP contribution in [0.3, 0.4) is 0 Å². The molecule has 0 radical (unpaired) electrons. The lowest BCUT2D eigenvalue weighted by atomic mass is 9.75.